The summed E-state index contributed by atoms with van der Waals surface area (Å²) >= 11 is 5.66. The topological polar surface area (TPSA) is 0 Å². The van der Waals surface area contributed by atoms with Crippen LogP contribution in [0.4, 0.5) is 0 Å². The molecule has 0 saturated carbocycles. The van der Waals surface area contributed by atoms with Crippen LogP contribution in [0.15, 0.2) is 22.3 Å². The molecule has 0 N–H and O–H groups in total. The summed E-state index contributed by atoms with van der Waals surface area (Å²) in [6.07, 6.45) is 3.49. The molecule has 0 spiro atoms. The molecule has 0 aromatic carbocycles. The molecular weight excluding hydrogens is 168 g/mol. The molecular formula is C11H17Cl. The highest BCUT2D eigenvalue weighted by molar-refractivity contribution is 6.17. The second kappa shape index (κ2) is 4.13. The van der Waals surface area contributed by atoms with E-state index in [1.54, 1.807) is 5.57 Å². The summed E-state index contributed by atoms with van der Waals surface area (Å²) in [4.78, 5) is 0. The first-order chi connectivity index (χ1) is 5.66. The number of hydrogen-bond donors (Lipinski definition) is 0. The normalized spacial score (nSPS) is 18.0. The molecule has 0 heterocycles. The fourth-order valence-corrected chi connectivity index (χ4v) is 1.86. The van der Waals surface area contributed by atoms with E-state index in [-0.39, 0.29) is 0 Å². The van der Waals surface area contributed by atoms with Crippen LogP contribution in [0.5, 0.6) is 0 Å². The van der Waals surface area contributed by atoms with Crippen molar-refractivity contribution >= 4 is 11.6 Å². The quantitative estimate of drug-likeness (QED) is 0.581. The van der Waals surface area contributed by atoms with E-state index in [9.17, 15) is 0 Å². The molecule has 1 aliphatic rings. The van der Waals surface area contributed by atoms with Crippen molar-refractivity contribution in [3.05, 3.63) is 22.3 Å². The average Bonchev–Trinajstić information content (AvgIpc) is 2.30. The highest BCUT2D eigenvalue weighted by Crippen LogP contribution is 2.33. The Labute approximate surface area is 80.3 Å². The maximum absolute atomic E-state index is 5.66. The van der Waals surface area contributed by atoms with E-state index in [0.29, 0.717) is 0 Å². The van der Waals surface area contributed by atoms with Crippen molar-refractivity contribution in [3.63, 3.8) is 0 Å². The highest BCUT2D eigenvalue weighted by Gasteiger charge is 2.14. The molecule has 1 aliphatic carbocycles. The van der Waals surface area contributed by atoms with Crippen LogP contribution in [0.3, 0.4) is 0 Å². The van der Waals surface area contributed by atoms with Crippen molar-refractivity contribution in [2.45, 2.75) is 40.0 Å². The molecule has 0 fully saturated rings. The first kappa shape index (κ1) is 9.85. The number of halogens is 1. The van der Waals surface area contributed by atoms with E-state index >= 15 is 0 Å². The minimum atomic E-state index is 0.787. The zero-order valence-electron chi connectivity index (χ0n) is 8.21. The van der Waals surface area contributed by atoms with Gasteiger partial charge in [0.1, 0.15) is 0 Å². The second-order valence-electron chi connectivity index (χ2n) is 3.60. The third-order valence-corrected chi connectivity index (χ3v) is 3.09. The lowest BCUT2D eigenvalue weighted by atomic mass is 10.0. The number of rotatable bonds is 3. The van der Waals surface area contributed by atoms with E-state index in [1.807, 2.05) is 0 Å². The van der Waals surface area contributed by atoms with Crippen LogP contribution in [0.2, 0.25) is 0 Å². The Morgan fingerprint density at radius 2 is 1.83 bits per heavy atom. The highest BCUT2D eigenvalue weighted by atomic mass is 35.5. The summed E-state index contributed by atoms with van der Waals surface area (Å²) < 4.78 is 0. The predicted octanol–water partition coefficient (Wildman–Crippen LogP) is 4.06. The van der Waals surface area contributed by atoms with Crippen molar-refractivity contribution in [3.8, 4) is 0 Å². The van der Waals surface area contributed by atoms with Gasteiger partial charge >= 0.3 is 0 Å². The summed E-state index contributed by atoms with van der Waals surface area (Å²) in [5.74, 6) is 0.787. The number of allylic oxidation sites excluding steroid dienone is 4. The van der Waals surface area contributed by atoms with E-state index in [4.69, 9.17) is 11.6 Å². The second-order valence-corrected chi connectivity index (χ2v) is 3.98. The van der Waals surface area contributed by atoms with Crippen LogP contribution in [-0.2, 0) is 0 Å². The SMILES string of the molecule is CC1=C(C)C(C)=C(CCCCl)C1. The molecule has 1 heteroatoms. The number of alkyl halides is 1. The van der Waals surface area contributed by atoms with Crippen molar-refractivity contribution in [1.29, 1.82) is 0 Å². The Hall–Kier alpha value is -0.230. The largest absolute Gasteiger partial charge is 0.127 e. The van der Waals surface area contributed by atoms with Gasteiger partial charge in [-0.1, -0.05) is 11.1 Å². The lowest BCUT2D eigenvalue weighted by molar-refractivity contribution is 0.875. The van der Waals surface area contributed by atoms with Crippen LogP contribution in [0.1, 0.15) is 40.0 Å². The summed E-state index contributed by atoms with van der Waals surface area (Å²) in [6, 6.07) is 0. The van der Waals surface area contributed by atoms with Crippen LogP contribution >= 0.6 is 11.6 Å². The molecule has 0 amide bonds. The van der Waals surface area contributed by atoms with Gasteiger partial charge in [0.05, 0.1) is 0 Å². The fraction of sp³-hybridized carbons (Fsp3) is 0.636. The molecule has 12 heavy (non-hydrogen) atoms. The summed E-state index contributed by atoms with van der Waals surface area (Å²) in [6.45, 7) is 6.68. The first-order valence-electron chi connectivity index (χ1n) is 4.58. The minimum Gasteiger partial charge on any atom is -0.127 e. The monoisotopic (exact) mass is 184 g/mol. The van der Waals surface area contributed by atoms with Gasteiger partial charge in [0.15, 0.2) is 0 Å². The van der Waals surface area contributed by atoms with Crippen LogP contribution in [0.25, 0.3) is 0 Å². The smallest absolute Gasteiger partial charge is 0.0226 e. The van der Waals surface area contributed by atoms with Crippen molar-refractivity contribution in [2.24, 2.45) is 0 Å². The van der Waals surface area contributed by atoms with Crippen molar-refractivity contribution in [1.82, 2.24) is 0 Å². The predicted molar refractivity (Wildman–Crippen MR) is 55.6 cm³/mol. The zero-order chi connectivity index (χ0) is 9.14. The van der Waals surface area contributed by atoms with Gasteiger partial charge < -0.3 is 0 Å². The Balaban J connectivity index is 2.60. The summed E-state index contributed by atoms with van der Waals surface area (Å²) in [7, 11) is 0. The van der Waals surface area contributed by atoms with Gasteiger partial charge in [0.25, 0.3) is 0 Å². The van der Waals surface area contributed by atoms with E-state index in [2.05, 4.69) is 20.8 Å². The fourth-order valence-electron chi connectivity index (χ4n) is 1.73. The molecule has 1 rings (SSSR count). The summed E-state index contributed by atoms with van der Waals surface area (Å²) in [5, 5.41) is 0. The maximum Gasteiger partial charge on any atom is 0.0226 e. The number of hydrogen-bond acceptors (Lipinski definition) is 0. The van der Waals surface area contributed by atoms with E-state index < -0.39 is 0 Å². The molecule has 68 valence electrons. The van der Waals surface area contributed by atoms with Crippen molar-refractivity contribution < 1.29 is 0 Å². The standard InChI is InChI=1S/C11H17Cl/c1-8-7-11(5-4-6-12)10(3)9(8)2/h4-7H2,1-3H3. The minimum absolute atomic E-state index is 0.787. The maximum atomic E-state index is 5.66. The van der Waals surface area contributed by atoms with Gasteiger partial charge in [-0.25, -0.2) is 0 Å². The molecule has 0 aromatic rings. The average molecular weight is 185 g/mol. The Morgan fingerprint density at radius 3 is 2.25 bits per heavy atom. The first-order valence-corrected chi connectivity index (χ1v) is 5.11. The van der Waals surface area contributed by atoms with Crippen LogP contribution in [-0.4, -0.2) is 5.88 Å². The third-order valence-electron chi connectivity index (χ3n) is 2.82. The van der Waals surface area contributed by atoms with E-state index in [1.165, 1.54) is 29.6 Å². The van der Waals surface area contributed by atoms with Gasteiger partial charge in [0, 0.05) is 5.88 Å². The van der Waals surface area contributed by atoms with Crippen molar-refractivity contribution in [2.75, 3.05) is 5.88 Å². The lowest BCUT2D eigenvalue weighted by Crippen LogP contribution is -1.84. The molecule has 0 aromatic heterocycles. The van der Waals surface area contributed by atoms with Crippen LogP contribution < -0.4 is 0 Å². The molecule has 0 bridgehead atoms. The van der Waals surface area contributed by atoms with Gasteiger partial charge in [-0.15, -0.1) is 11.6 Å². The molecule has 0 aliphatic heterocycles. The van der Waals surface area contributed by atoms with Gasteiger partial charge in [-0.2, -0.15) is 0 Å². The zero-order valence-corrected chi connectivity index (χ0v) is 8.96. The third kappa shape index (κ3) is 1.92. The van der Waals surface area contributed by atoms with Crippen LogP contribution in [0, 0.1) is 0 Å². The van der Waals surface area contributed by atoms with Gasteiger partial charge in [0.2, 0.25) is 0 Å². The van der Waals surface area contributed by atoms with Gasteiger partial charge in [-0.3, -0.25) is 0 Å². The molecule has 0 unspecified atom stereocenters. The molecule has 0 radical (unpaired) electrons. The molecule has 0 nitrogen and oxygen atoms in total. The molecule has 0 saturated heterocycles. The Bertz CT molecular complexity index is 233. The Morgan fingerprint density at radius 1 is 1.17 bits per heavy atom. The lowest BCUT2D eigenvalue weighted by Gasteiger charge is -2.02. The Kier molecular flexibility index (Phi) is 3.39. The summed E-state index contributed by atoms with van der Waals surface area (Å²) in [5.41, 5.74) is 6.15. The van der Waals surface area contributed by atoms with Gasteiger partial charge in [-0.05, 0) is 51.2 Å². The van der Waals surface area contributed by atoms with E-state index in [0.717, 1.165) is 12.3 Å². The molecule has 0 atom stereocenters.